The van der Waals surface area contributed by atoms with E-state index in [1.807, 2.05) is 0 Å². The highest BCUT2D eigenvalue weighted by Crippen LogP contribution is 2.22. The molecule has 1 aromatic rings. The van der Waals surface area contributed by atoms with Crippen LogP contribution in [0.5, 0.6) is 0 Å². The molecule has 1 saturated carbocycles. The molecule has 1 aromatic carbocycles. The summed E-state index contributed by atoms with van der Waals surface area (Å²) in [6.07, 6.45) is 1.69. The zero-order valence-electron chi connectivity index (χ0n) is 12.2. The van der Waals surface area contributed by atoms with Gasteiger partial charge in [-0.05, 0) is 44.0 Å². The number of hydrogen-bond acceptors (Lipinski definition) is 4. The van der Waals surface area contributed by atoms with E-state index < -0.39 is 28.4 Å². The minimum Gasteiger partial charge on any atom is -0.480 e. The minimum atomic E-state index is -3.55. The highest BCUT2D eigenvalue weighted by atomic mass is 32.2. The number of carbonyl (C=O) groups excluding carboxylic acids is 1. The number of nitrogens with one attached hydrogen (secondary N) is 1. The van der Waals surface area contributed by atoms with Crippen molar-refractivity contribution in [3.05, 3.63) is 29.8 Å². The van der Waals surface area contributed by atoms with Crippen LogP contribution in [0.25, 0.3) is 0 Å². The molecular formula is C14H18N2O5S. The number of hydrogen-bond donors (Lipinski definition) is 2. The first-order valence-electron chi connectivity index (χ1n) is 6.97. The standard InChI is InChI=1S/C14H18N2O5S/c1-2-16(9-13(17)18)14(19)10-3-7-12(8-4-10)22(20,21)15-11-5-6-11/h3-4,7-8,11,15H,2,5-6,9H2,1H3,(H,17,18). The van der Waals surface area contributed by atoms with E-state index in [-0.39, 0.29) is 23.0 Å². The van der Waals surface area contributed by atoms with Gasteiger partial charge in [-0.2, -0.15) is 0 Å². The van der Waals surface area contributed by atoms with Gasteiger partial charge in [-0.15, -0.1) is 0 Å². The summed E-state index contributed by atoms with van der Waals surface area (Å²) >= 11 is 0. The number of amides is 1. The van der Waals surface area contributed by atoms with Crippen molar-refractivity contribution < 1.29 is 23.1 Å². The lowest BCUT2D eigenvalue weighted by molar-refractivity contribution is -0.137. The van der Waals surface area contributed by atoms with Crippen LogP contribution < -0.4 is 4.72 Å². The quantitative estimate of drug-likeness (QED) is 0.766. The van der Waals surface area contributed by atoms with Gasteiger partial charge in [0.1, 0.15) is 6.54 Å². The fraction of sp³-hybridized carbons (Fsp3) is 0.429. The van der Waals surface area contributed by atoms with Crippen LogP contribution in [-0.2, 0) is 14.8 Å². The Morgan fingerprint density at radius 2 is 1.86 bits per heavy atom. The fourth-order valence-corrected chi connectivity index (χ4v) is 3.24. The van der Waals surface area contributed by atoms with E-state index in [1.54, 1.807) is 6.92 Å². The van der Waals surface area contributed by atoms with E-state index in [9.17, 15) is 18.0 Å². The number of nitrogens with zero attached hydrogens (tertiary/aromatic N) is 1. The Hall–Kier alpha value is -1.93. The minimum absolute atomic E-state index is 0.0115. The first-order valence-corrected chi connectivity index (χ1v) is 8.45. The van der Waals surface area contributed by atoms with Crippen LogP contribution in [0.3, 0.4) is 0 Å². The lowest BCUT2D eigenvalue weighted by Gasteiger charge is -2.18. The molecule has 8 heteroatoms. The van der Waals surface area contributed by atoms with Crippen molar-refractivity contribution in [1.82, 2.24) is 9.62 Å². The molecule has 22 heavy (non-hydrogen) atoms. The van der Waals surface area contributed by atoms with Crippen molar-refractivity contribution >= 4 is 21.9 Å². The largest absolute Gasteiger partial charge is 0.480 e. The molecule has 0 heterocycles. The second-order valence-electron chi connectivity index (χ2n) is 5.13. The van der Waals surface area contributed by atoms with Gasteiger partial charge in [0, 0.05) is 18.2 Å². The molecule has 120 valence electrons. The number of carboxylic acid groups (broad SMARTS) is 1. The molecule has 2 N–H and O–H groups in total. The number of carboxylic acids is 1. The lowest BCUT2D eigenvalue weighted by Crippen LogP contribution is -2.35. The monoisotopic (exact) mass is 326 g/mol. The smallest absolute Gasteiger partial charge is 0.323 e. The van der Waals surface area contributed by atoms with Crippen LogP contribution in [0.2, 0.25) is 0 Å². The van der Waals surface area contributed by atoms with Crippen molar-refractivity contribution in [2.24, 2.45) is 0 Å². The third kappa shape index (κ3) is 4.05. The average molecular weight is 326 g/mol. The van der Waals surface area contributed by atoms with Crippen LogP contribution in [0.15, 0.2) is 29.2 Å². The van der Waals surface area contributed by atoms with Gasteiger partial charge in [0.05, 0.1) is 4.90 Å². The zero-order chi connectivity index (χ0) is 16.3. The number of likely N-dealkylation sites (N-methyl/N-ethyl adjacent to an activating group) is 1. The van der Waals surface area contributed by atoms with Crippen LogP contribution in [-0.4, -0.2) is 49.4 Å². The molecule has 0 radical (unpaired) electrons. The number of rotatable bonds is 7. The van der Waals surface area contributed by atoms with Gasteiger partial charge in [0.2, 0.25) is 10.0 Å². The van der Waals surface area contributed by atoms with Crippen molar-refractivity contribution in [3.63, 3.8) is 0 Å². The SMILES string of the molecule is CCN(CC(=O)O)C(=O)c1ccc(S(=O)(=O)NC2CC2)cc1. The molecule has 1 fully saturated rings. The maximum absolute atomic E-state index is 12.2. The van der Waals surface area contributed by atoms with E-state index in [1.165, 1.54) is 29.2 Å². The molecule has 2 rings (SSSR count). The highest BCUT2D eigenvalue weighted by Gasteiger charge is 2.28. The molecule has 1 aliphatic carbocycles. The van der Waals surface area contributed by atoms with Gasteiger partial charge in [0.25, 0.3) is 5.91 Å². The zero-order valence-corrected chi connectivity index (χ0v) is 13.0. The maximum atomic E-state index is 12.2. The molecule has 1 aliphatic rings. The van der Waals surface area contributed by atoms with Gasteiger partial charge >= 0.3 is 5.97 Å². The normalized spacial score (nSPS) is 14.6. The third-order valence-corrected chi connectivity index (χ3v) is 4.84. The Kier molecular flexibility index (Phi) is 4.82. The molecule has 7 nitrogen and oxygen atoms in total. The van der Waals surface area contributed by atoms with Gasteiger partial charge in [-0.3, -0.25) is 9.59 Å². The van der Waals surface area contributed by atoms with Gasteiger partial charge in [0.15, 0.2) is 0 Å². The van der Waals surface area contributed by atoms with Crippen LogP contribution in [0.1, 0.15) is 30.1 Å². The second kappa shape index (κ2) is 6.45. The summed E-state index contributed by atoms with van der Waals surface area (Å²) in [4.78, 5) is 24.1. The Bertz CT molecular complexity index is 665. The molecule has 0 spiro atoms. The summed E-state index contributed by atoms with van der Waals surface area (Å²) in [5, 5.41) is 8.77. The van der Waals surface area contributed by atoms with Gasteiger partial charge in [-0.25, -0.2) is 13.1 Å². The Balaban J connectivity index is 2.13. The Morgan fingerprint density at radius 1 is 1.27 bits per heavy atom. The van der Waals surface area contributed by atoms with Crippen molar-refractivity contribution in [2.75, 3.05) is 13.1 Å². The Labute approximate surface area is 129 Å². The second-order valence-corrected chi connectivity index (χ2v) is 6.85. The first-order chi connectivity index (χ1) is 10.3. The van der Waals surface area contributed by atoms with Crippen LogP contribution in [0, 0.1) is 0 Å². The van der Waals surface area contributed by atoms with Crippen LogP contribution >= 0.6 is 0 Å². The van der Waals surface area contributed by atoms with E-state index in [0.29, 0.717) is 0 Å². The number of benzene rings is 1. The van der Waals surface area contributed by atoms with E-state index in [2.05, 4.69) is 4.72 Å². The molecule has 0 aromatic heterocycles. The topological polar surface area (TPSA) is 104 Å². The third-order valence-electron chi connectivity index (χ3n) is 3.31. The summed E-state index contributed by atoms with van der Waals surface area (Å²) in [5.41, 5.74) is 0.258. The number of aliphatic carboxylic acids is 1. The molecule has 0 saturated heterocycles. The summed E-state index contributed by atoms with van der Waals surface area (Å²) in [7, 11) is -3.55. The van der Waals surface area contributed by atoms with Crippen molar-refractivity contribution in [2.45, 2.75) is 30.7 Å². The van der Waals surface area contributed by atoms with Gasteiger partial charge < -0.3 is 10.0 Å². The number of sulfonamides is 1. The summed E-state index contributed by atoms with van der Waals surface area (Å²) in [5.74, 6) is -1.54. The Morgan fingerprint density at radius 3 is 2.32 bits per heavy atom. The molecule has 0 bridgehead atoms. The lowest BCUT2D eigenvalue weighted by atomic mass is 10.2. The average Bonchev–Trinajstić information content (AvgIpc) is 3.27. The van der Waals surface area contributed by atoms with E-state index >= 15 is 0 Å². The van der Waals surface area contributed by atoms with E-state index in [0.717, 1.165) is 12.8 Å². The number of carbonyl (C=O) groups is 2. The maximum Gasteiger partial charge on any atom is 0.323 e. The molecule has 1 amide bonds. The molecule has 0 aliphatic heterocycles. The first kappa shape index (κ1) is 16.4. The fourth-order valence-electron chi connectivity index (χ4n) is 1.94. The summed E-state index contributed by atoms with van der Waals surface area (Å²) < 4.78 is 26.6. The van der Waals surface area contributed by atoms with E-state index in [4.69, 9.17) is 5.11 Å². The molecule has 0 unspecified atom stereocenters. The van der Waals surface area contributed by atoms with Gasteiger partial charge in [-0.1, -0.05) is 0 Å². The summed E-state index contributed by atoms with van der Waals surface area (Å²) in [6, 6.07) is 5.51. The van der Waals surface area contributed by atoms with Crippen molar-refractivity contribution in [1.29, 1.82) is 0 Å². The van der Waals surface area contributed by atoms with Crippen LogP contribution in [0.4, 0.5) is 0 Å². The molecular weight excluding hydrogens is 308 g/mol. The predicted octanol–water partition coefficient (Wildman–Crippen LogP) is 0.674. The molecule has 0 atom stereocenters. The summed E-state index contributed by atoms with van der Waals surface area (Å²) in [6.45, 7) is 1.55. The van der Waals surface area contributed by atoms with Crippen molar-refractivity contribution in [3.8, 4) is 0 Å². The predicted molar refractivity (Wildman–Crippen MR) is 79.0 cm³/mol. The highest BCUT2D eigenvalue weighted by molar-refractivity contribution is 7.89.